The van der Waals surface area contributed by atoms with Crippen LogP contribution in [-0.4, -0.2) is 65.5 Å². The maximum Gasteiger partial charge on any atom is 0.267 e. The van der Waals surface area contributed by atoms with Gasteiger partial charge in [-0.25, -0.2) is 0 Å². The second-order valence-electron chi connectivity index (χ2n) is 12.1. The highest BCUT2D eigenvalue weighted by Crippen LogP contribution is 2.43. The van der Waals surface area contributed by atoms with Gasteiger partial charge in [-0.05, 0) is 60.9 Å². The number of hydrogen-bond acceptors (Lipinski definition) is 4. The molecular formula is C35H39Cl2N3O3. The number of benzene rings is 3. The molecule has 0 N–H and O–H groups in total. The summed E-state index contributed by atoms with van der Waals surface area (Å²) in [6.45, 7) is 5.76. The van der Waals surface area contributed by atoms with Crippen molar-refractivity contribution in [2.24, 2.45) is 0 Å². The molecule has 0 aliphatic carbocycles. The summed E-state index contributed by atoms with van der Waals surface area (Å²) >= 11 is 12.8. The molecule has 6 nitrogen and oxygen atoms in total. The molecule has 3 aliphatic rings. The number of piperidine rings is 1. The summed E-state index contributed by atoms with van der Waals surface area (Å²) in [4.78, 5) is 34.4. The Bertz CT molecular complexity index is 1440. The normalized spacial score (nSPS) is 24.3. The predicted octanol–water partition coefficient (Wildman–Crippen LogP) is 6.64. The molecule has 2 atom stereocenters. The molecule has 3 fully saturated rings. The monoisotopic (exact) mass is 619 g/mol. The molecule has 0 spiro atoms. The molecule has 0 aromatic heterocycles. The second kappa shape index (κ2) is 12.6. The number of carbonyl (C=O) groups excluding carboxylic acids is 2. The molecular weight excluding hydrogens is 581 g/mol. The van der Waals surface area contributed by atoms with Crippen molar-refractivity contribution >= 4 is 35.0 Å². The van der Waals surface area contributed by atoms with E-state index in [4.69, 9.17) is 27.9 Å². The van der Waals surface area contributed by atoms with E-state index < -0.39 is 17.2 Å². The highest BCUT2D eigenvalue weighted by Gasteiger charge is 2.51. The first-order valence-corrected chi connectivity index (χ1v) is 16.2. The zero-order valence-electron chi connectivity index (χ0n) is 24.7. The number of rotatable bonds is 7. The number of hydrogen-bond donors (Lipinski definition) is 0. The van der Waals surface area contributed by atoms with Gasteiger partial charge >= 0.3 is 0 Å². The van der Waals surface area contributed by atoms with Crippen molar-refractivity contribution in [1.29, 1.82) is 0 Å². The maximum absolute atomic E-state index is 14.2. The van der Waals surface area contributed by atoms with Crippen molar-refractivity contribution in [3.8, 4) is 0 Å². The quantitative estimate of drug-likeness (QED) is 0.297. The van der Waals surface area contributed by atoms with E-state index >= 15 is 0 Å². The van der Waals surface area contributed by atoms with E-state index in [0.717, 1.165) is 42.6 Å². The summed E-state index contributed by atoms with van der Waals surface area (Å²) in [7, 11) is 0. The molecule has 3 aromatic rings. The smallest absolute Gasteiger partial charge is 0.267 e. The predicted molar refractivity (Wildman–Crippen MR) is 170 cm³/mol. The summed E-state index contributed by atoms with van der Waals surface area (Å²) in [5, 5.41) is 0.946. The molecule has 3 aromatic carbocycles. The Morgan fingerprint density at radius 1 is 0.860 bits per heavy atom. The molecule has 2 amide bonds. The van der Waals surface area contributed by atoms with Crippen LogP contribution >= 0.6 is 23.2 Å². The van der Waals surface area contributed by atoms with Gasteiger partial charge in [0.2, 0.25) is 5.91 Å². The van der Waals surface area contributed by atoms with E-state index in [-0.39, 0.29) is 11.8 Å². The Hall–Kier alpha value is -2.90. The molecule has 8 heteroatoms. The van der Waals surface area contributed by atoms with E-state index in [1.165, 1.54) is 0 Å². The van der Waals surface area contributed by atoms with Crippen molar-refractivity contribution in [3.63, 3.8) is 0 Å². The maximum atomic E-state index is 14.2. The van der Waals surface area contributed by atoms with Gasteiger partial charge in [-0.3, -0.25) is 14.5 Å². The Morgan fingerprint density at radius 3 is 2.14 bits per heavy atom. The number of carbonyl (C=O) groups is 2. The lowest BCUT2D eigenvalue weighted by Crippen LogP contribution is -2.64. The summed E-state index contributed by atoms with van der Waals surface area (Å²) < 4.78 is 6.90. The molecule has 3 saturated heterocycles. The van der Waals surface area contributed by atoms with E-state index in [1.54, 1.807) is 6.07 Å². The molecule has 0 saturated carbocycles. The van der Waals surface area contributed by atoms with Crippen molar-refractivity contribution in [2.75, 3.05) is 32.7 Å². The zero-order valence-corrected chi connectivity index (χ0v) is 26.2. The first-order valence-electron chi connectivity index (χ1n) is 15.4. The van der Waals surface area contributed by atoms with Crippen LogP contribution in [0.4, 0.5) is 0 Å². The van der Waals surface area contributed by atoms with Crippen LogP contribution in [0.15, 0.2) is 78.9 Å². The third-order valence-corrected chi connectivity index (χ3v) is 10.4. The van der Waals surface area contributed by atoms with Gasteiger partial charge in [0, 0.05) is 32.7 Å². The van der Waals surface area contributed by atoms with Crippen LogP contribution in [-0.2, 0) is 31.9 Å². The van der Waals surface area contributed by atoms with E-state index in [0.29, 0.717) is 55.5 Å². The van der Waals surface area contributed by atoms with Gasteiger partial charge in [0.25, 0.3) is 5.91 Å². The summed E-state index contributed by atoms with van der Waals surface area (Å²) in [5.41, 5.74) is 1.66. The molecule has 2 unspecified atom stereocenters. The molecule has 0 bridgehead atoms. The van der Waals surface area contributed by atoms with Crippen molar-refractivity contribution < 1.29 is 14.3 Å². The molecule has 3 aliphatic heterocycles. The van der Waals surface area contributed by atoms with E-state index in [9.17, 15) is 9.59 Å². The van der Waals surface area contributed by atoms with Crippen LogP contribution in [0.1, 0.15) is 55.7 Å². The van der Waals surface area contributed by atoms with Gasteiger partial charge in [0.05, 0.1) is 22.0 Å². The Kier molecular flexibility index (Phi) is 8.84. The van der Waals surface area contributed by atoms with E-state index in [1.807, 2.05) is 70.5 Å². The SMILES string of the molecule is CCC1(c2ccc(Cl)c(Cl)c2)CN(Cc2ccccc2)C(=O)C(N2CCC(C(=O)N3CCCC3)(c3ccccc3)CC2)O1. The summed E-state index contributed by atoms with van der Waals surface area (Å²) in [6, 6.07) is 25.9. The minimum Gasteiger partial charge on any atom is -0.342 e. The van der Waals surface area contributed by atoms with Crippen molar-refractivity contribution in [3.05, 3.63) is 106 Å². The first kappa shape index (κ1) is 30.1. The van der Waals surface area contributed by atoms with Crippen LogP contribution in [0, 0.1) is 0 Å². The van der Waals surface area contributed by atoms with Crippen molar-refractivity contribution in [1.82, 2.24) is 14.7 Å². The van der Waals surface area contributed by atoms with E-state index in [2.05, 4.69) is 24.0 Å². The fourth-order valence-corrected chi connectivity index (χ4v) is 7.39. The third kappa shape index (κ3) is 5.83. The number of morpholine rings is 1. The fraction of sp³-hybridized carbons (Fsp3) is 0.429. The largest absolute Gasteiger partial charge is 0.342 e. The average Bonchev–Trinajstić information content (AvgIpc) is 3.59. The lowest BCUT2D eigenvalue weighted by atomic mass is 9.71. The standard InChI is InChI=1S/C35H39Cl2N3O3/c1-2-35(28-15-16-29(36)30(37)23-28)25-40(24-26-11-5-3-6-12-26)31(41)32(43-35)38-21-17-34(18-22-38,27-13-7-4-8-14-27)33(42)39-19-9-10-20-39/h3-8,11-16,23,32H,2,9-10,17-22,24-25H2,1H3. The Labute approximate surface area is 264 Å². The zero-order chi connectivity index (χ0) is 30.0. The second-order valence-corrected chi connectivity index (χ2v) is 12.9. The highest BCUT2D eigenvalue weighted by atomic mass is 35.5. The number of amides is 2. The minimum absolute atomic E-state index is 0.0499. The van der Waals surface area contributed by atoms with Crippen LogP contribution in [0.25, 0.3) is 0 Å². The van der Waals surface area contributed by atoms with Crippen LogP contribution in [0.5, 0.6) is 0 Å². The topological polar surface area (TPSA) is 53.1 Å². The van der Waals surface area contributed by atoms with Gasteiger partial charge in [-0.1, -0.05) is 96.9 Å². The molecule has 3 heterocycles. The fourth-order valence-electron chi connectivity index (χ4n) is 7.10. The van der Waals surface area contributed by atoms with Crippen molar-refractivity contribution in [2.45, 2.75) is 62.8 Å². The van der Waals surface area contributed by atoms with Gasteiger partial charge in [0.15, 0.2) is 6.23 Å². The van der Waals surface area contributed by atoms with Gasteiger partial charge in [-0.15, -0.1) is 0 Å². The van der Waals surface area contributed by atoms with Crippen LogP contribution in [0.2, 0.25) is 10.0 Å². The molecule has 0 radical (unpaired) electrons. The lowest BCUT2D eigenvalue weighted by Gasteiger charge is -2.51. The van der Waals surface area contributed by atoms with Gasteiger partial charge in [-0.2, -0.15) is 0 Å². The lowest BCUT2D eigenvalue weighted by molar-refractivity contribution is -0.220. The Balaban J connectivity index is 1.32. The summed E-state index contributed by atoms with van der Waals surface area (Å²) in [6.07, 6.45) is 3.24. The number of halogens is 2. The van der Waals surface area contributed by atoms with Crippen LogP contribution < -0.4 is 0 Å². The minimum atomic E-state index is -0.775. The number of likely N-dealkylation sites (tertiary alicyclic amines) is 2. The van der Waals surface area contributed by atoms with Crippen LogP contribution in [0.3, 0.4) is 0 Å². The van der Waals surface area contributed by atoms with Gasteiger partial charge < -0.3 is 14.5 Å². The molecule has 6 rings (SSSR count). The first-order chi connectivity index (χ1) is 20.8. The number of ether oxygens (including phenoxy) is 1. The number of nitrogens with zero attached hydrogens (tertiary/aromatic N) is 3. The molecule has 226 valence electrons. The molecule has 43 heavy (non-hydrogen) atoms. The Morgan fingerprint density at radius 2 is 1.51 bits per heavy atom. The highest BCUT2D eigenvalue weighted by molar-refractivity contribution is 6.42. The van der Waals surface area contributed by atoms with Gasteiger partial charge in [0.1, 0.15) is 5.60 Å². The summed E-state index contributed by atoms with van der Waals surface area (Å²) in [5.74, 6) is 0.169. The third-order valence-electron chi connectivity index (χ3n) is 9.65. The average molecular weight is 621 g/mol.